The van der Waals surface area contributed by atoms with Gasteiger partial charge >= 0.3 is 0 Å². The first kappa shape index (κ1) is 13.6. The van der Waals surface area contributed by atoms with E-state index in [2.05, 4.69) is 15.3 Å². The van der Waals surface area contributed by atoms with Crippen molar-refractivity contribution in [3.05, 3.63) is 42.1 Å². The first-order valence-corrected chi connectivity index (χ1v) is 6.52. The third-order valence-corrected chi connectivity index (χ3v) is 2.93. The van der Waals surface area contributed by atoms with Gasteiger partial charge in [0.25, 0.3) is 0 Å². The molecule has 2 rings (SSSR count). The molecular formula is C14H17ClN4. The Balaban J connectivity index is 2.29. The zero-order valence-corrected chi connectivity index (χ0v) is 12.0. The molecule has 1 unspecified atom stereocenters. The van der Waals surface area contributed by atoms with Gasteiger partial charge in [-0.2, -0.15) is 4.98 Å². The molecule has 0 spiro atoms. The number of alkyl halides is 1. The molecule has 1 heterocycles. The molecule has 0 fully saturated rings. The maximum atomic E-state index is 6.18. The van der Waals surface area contributed by atoms with Gasteiger partial charge in [0.2, 0.25) is 5.95 Å². The number of aromatic nitrogens is 2. The lowest BCUT2D eigenvalue weighted by Crippen LogP contribution is -2.13. The van der Waals surface area contributed by atoms with E-state index in [0.29, 0.717) is 5.95 Å². The molecule has 0 aliphatic carbocycles. The van der Waals surface area contributed by atoms with Crippen molar-refractivity contribution in [1.82, 2.24) is 9.97 Å². The Morgan fingerprint density at radius 2 is 1.95 bits per heavy atom. The van der Waals surface area contributed by atoms with E-state index in [4.69, 9.17) is 11.6 Å². The lowest BCUT2D eigenvalue weighted by molar-refractivity contribution is 0.999. The van der Waals surface area contributed by atoms with Crippen molar-refractivity contribution in [2.45, 2.75) is 12.3 Å². The van der Waals surface area contributed by atoms with Crippen molar-refractivity contribution in [3.8, 4) is 0 Å². The van der Waals surface area contributed by atoms with Gasteiger partial charge in [0.15, 0.2) is 0 Å². The normalized spacial score (nSPS) is 12.0. The molecule has 1 aromatic carbocycles. The maximum absolute atomic E-state index is 6.18. The van der Waals surface area contributed by atoms with Crippen LogP contribution in [0, 0.1) is 0 Å². The van der Waals surface area contributed by atoms with Gasteiger partial charge in [0.1, 0.15) is 5.82 Å². The molecule has 0 saturated carbocycles. The Morgan fingerprint density at radius 3 is 2.63 bits per heavy atom. The van der Waals surface area contributed by atoms with Crippen molar-refractivity contribution in [1.29, 1.82) is 0 Å². The van der Waals surface area contributed by atoms with Gasteiger partial charge in [0, 0.05) is 26.0 Å². The van der Waals surface area contributed by atoms with E-state index in [0.717, 1.165) is 17.1 Å². The van der Waals surface area contributed by atoms with E-state index in [1.54, 1.807) is 6.20 Å². The molecule has 5 heteroatoms. The fourth-order valence-electron chi connectivity index (χ4n) is 1.73. The number of para-hydroxylation sites is 1. The second kappa shape index (κ2) is 5.89. The van der Waals surface area contributed by atoms with Crippen LogP contribution in [0.3, 0.4) is 0 Å². The maximum Gasteiger partial charge on any atom is 0.226 e. The quantitative estimate of drug-likeness (QED) is 0.867. The molecule has 1 N–H and O–H groups in total. The summed E-state index contributed by atoms with van der Waals surface area (Å²) in [6.07, 6.45) is 1.73. The van der Waals surface area contributed by atoms with Gasteiger partial charge in [-0.25, -0.2) is 4.98 Å². The third-order valence-electron chi connectivity index (χ3n) is 2.69. The monoisotopic (exact) mass is 276 g/mol. The number of nitrogens with zero attached hydrogens (tertiary/aromatic N) is 3. The number of hydrogen-bond acceptors (Lipinski definition) is 4. The van der Waals surface area contributed by atoms with Gasteiger partial charge in [-0.1, -0.05) is 18.2 Å². The van der Waals surface area contributed by atoms with E-state index >= 15 is 0 Å². The van der Waals surface area contributed by atoms with Crippen LogP contribution in [0.25, 0.3) is 0 Å². The highest BCUT2D eigenvalue weighted by Gasteiger charge is 2.08. The lowest BCUT2D eigenvalue weighted by atomic mass is 10.1. The molecule has 0 aliphatic rings. The number of hydrogen-bond donors (Lipinski definition) is 1. The molecule has 19 heavy (non-hydrogen) atoms. The topological polar surface area (TPSA) is 41.1 Å². The van der Waals surface area contributed by atoms with Crippen molar-refractivity contribution in [2.75, 3.05) is 24.3 Å². The second-order valence-electron chi connectivity index (χ2n) is 4.46. The highest BCUT2D eigenvalue weighted by Crippen LogP contribution is 2.29. The molecule has 0 radical (unpaired) electrons. The molecule has 4 nitrogen and oxygen atoms in total. The van der Waals surface area contributed by atoms with E-state index in [9.17, 15) is 0 Å². The SMILES string of the molecule is CC(Cl)c1ccccc1Nc1ccnc(N(C)C)n1. The molecule has 1 atom stereocenters. The summed E-state index contributed by atoms with van der Waals surface area (Å²) in [5, 5.41) is 3.23. The molecule has 0 bridgehead atoms. The fourth-order valence-corrected chi connectivity index (χ4v) is 1.92. The zero-order valence-electron chi connectivity index (χ0n) is 11.3. The summed E-state index contributed by atoms with van der Waals surface area (Å²) in [6, 6.07) is 9.78. The Morgan fingerprint density at radius 1 is 1.21 bits per heavy atom. The largest absolute Gasteiger partial charge is 0.347 e. The van der Waals surface area contributed by atoms with Crippen LogP contribution in [0.2, 0.25) is 0 Å². The summed E-state index contributed by atoms with van der Waals surface area (Å²) in [5.41, 5.74) is 2.02. The van der Waals surface area contributed by atoms with Crippen LogP contribution in [0.4, 0.5) is 17.5 Å². The third kappa shape index (κ3) is 3.35. The number of anilines is 3. The minimum atomic E-state index is -0.0566. The van der Waals surface area contributed by atoms with Crippen molar-refractivity contribution >= 4 is 29.1 Å². The fraction of sp³-hybridized carbons (Fsp3) is 0.286. The summed E-state index contributed by atoms with van der Waals surface area (Å²) in [5.74, 6) is 1.42. The Labute approximate surface area is 118 Å². The van der Waals surface area contributed by atoms with Crippen molar-refractivity contribution in [3.63, 3.8) is 0 Å². The van der Waals surface area contributed by atoms with E-state index in [1.807, 2.05) is 56.3 Å². The number of rotatable bonds is 4. The van der Waals surface area contributed by atoms with Crippen LogP contribution in [-0.4, -0.2) is 24.1 Å². The molecule has 1 aromatic heterocycles. The van der Waals surface area contributed by atoms with Gasteiger partial charge in [-0.15, -0.1) is 11.6 Å². The highest BCUT2D eigenvalue weighted by atomic mass is 35.5. The van der Waals surface area contributed by atoms with E-state index < -0.39 is 0 Å². The van der Waals surface area contributed by atoms with Gasteiger partial charge in [0.05, 0.1) is 5.38 Å². The molecule has 0 saturated heterocycles. The van der Waals surface area contributed by atoms with Crippen LogP contribution in [0.1, 0.15) is 17.9 Å². The average molecular weight is 277 g/mol. The summed E-state index contributed by atoms with van der Waals surface area (Å²) >= 11 is 6.18. The van der Waals surface area contributed by atoms with Crippen molar-refractivity contribution < 1.29 is 0 Å². The van der Waals surface area contributed by atoms with Crippen LogP contribution in [0.15, 0.2) is 36.5 Å². The minimum absolute atomic E-state index is 0.0566. The van der Waals surface area contributed by atoms with Crippen LogP contribution < -0.4 is 10.2 Å². The molecular weight excluding hydrogens is 260 g/mol. The molecule has 0 aliphatic heterocycles. The Hall–Kier alpha value is -1.81. The average Bonchev–Trinajstić information content (AvgIpc) is 2.39. The van der Waals surface area contributed by atoms with Gasteiger partial charge in [-0.05, 0) is 24.6 Å². The number of nitrogens with one attached hydrogen (secondary N) is 1. The van der Waals surface area contributed by atoms with Crippen LogP contribution in [0.5, 0.6) is 0 Å². The Kier molecular flexibility index (Phi) is 4.22. The number of benzene rings is 1. The standard InChI is InChI=1S/C14H17ClN4/c1-10(15)11-6-4-5-7-12(11)17-13-8-9-16-14(18-13)19(2)3/h4-10H,1-3H3,(H,16,17,18). The first-order chi connectivity index (χ1) is 9.08. The van der Waals surface area contributed by atoms with E-state index in [1.165, 1.54) is 0 Å². The predicted molar refractivity (Wildman–Crippen MR) is 80.4 cm³/mol. The smallest absolute Gasteiger partial charge is 0.226 e. The highest BCUT2D eigenvalue weighted by molar-refractivity contribution is 6.21. The number of halogens is 1. The minimum Gasteiger partial charge on any atom is -0.347 e. The van der Waals surface area contributed by atoms with Crippen LogP contribution in [-0.2, 0) is 0 Å². The summed E-state index contributed by atoms with van der Waals surface area (Å²) in [6.45, 7) is 1.95. The van der Waals surface area contributed by atoms with Crippen LogP contribution >= 0.6 is 11.6 Å². The molecule has 2 aromatic rings. The van der Waals surface area contributed by atoms with Gasteiger partial charge in [-0.3, -0.25) is 0 Å². The second-order valence-corrected chi connectivity index (χ2v) is 5.12. The summed E-state index contributed by atoms with van der Waals surface area (Å²) in [4.78, 5) is 10.5. The lowest BCUT2D eigenvalue weighted by Gasteiger charge is -2.14. The summed E-state index contributed by atoms with van der Waals surface area (Å²) in [7, 11) is 3.82. The Bertz CT molecular complexity index is 555. The summed E-state index contributed by atoms with van der Waals surface area (Å²) < 4.78 is 0. The van der Waals surface area contributed by atoms with Gasteiger partial charge < -0.3 is 10.2 Å². The van der Waals surface area contributed by atoms with E-state index in [-0.39, 0.29) is 5.38 Å². The molecule has 100 valence electrons. The predicted octanol–water partition coefficient (Wildman–Crippen LogP) is 3.59. The molecule has 0 amide bonds. The first-order valence-electron chi connectivity index (χ1n) is 6.08. The van der Waals surface area contributed by atoms with Crippen molar-refractivity contribution in [2.24, 2.45) is 0 Å². The zero-order chi connectivity index (χ0) is 13.8.